The summed E-state index contributed by atoms with van der Waals surface area (Å²) >= 11 is 0. The number of carbonyl (C=O) groups excluding carboxylic acids is 1. The Hall–Kier alpha value is -1.58. The van der Waals surface area contributed by atoms with E-state index >= 15 is 0 Å². The minimum absolute atomic E-state index is 0. The fraction of sp³-hybridized carbons (Fsp3) is 0.421. The van der Waals surface area contributed by atoms with E-state index < -0.39 is 0 Å². The highest BCUT2D eigenvalue weighted by Gasteiger charge is 2.33. The molecular formula is C19H23ClN2O. The van der Waals surface area contributed by atoms with Crippen molar-refractivity contribution in [1.82, 2.24) is 10.6 Å². The molecule has 1 amide bonds. The van der Waals surface area contributed by atoms with Crippen LogP contribution in [0.1, 0.15) is 31.2 Å². The molecule has 2 heterocycles. The Morgan fingerprint density at radius 1 is 1.04 bits per heavy atom. The summed E-state index contributed by atoms with van der Waals surface area (Å²) in [6, 6.07) is 16.2. The van der Waals surface area contributed by atoms with Gasteiger partial charge >= 0.3 is 0 Å². The molecule has 2 saturated heterocycles. The highest BCUT2D eigenvalue weighted by atomic mass is 35.5. The summed E-state index contributed by atoms with van der Waals surface area (Å²) in [4.78, 5) is 12.3. The Labute approximate surface area is 143 Å². The van der Waals surface area contributed by atoms with Crippen molar-refractivity contribution in [3.63, 3.8) is 0 Å². The van der Waals surface area contributed by atoms with Gasteiger partial charge in [-0.25, -0.2) is 0 Å². The number of amides is 1. The number of fused-ring (bicyclic) bond motifs is 3. The second-order valence-corrected chi connectivity index (χ2v) is 6.73. The van der Waals surface area contributed by atoms with E-state index in [4.69, 9.17) is 0 Å². The van der Waals surface area contributed by atoms with Gasteiger partial charge in [-0.2, -0.15) is 0 Å². The lowest BCUT2D eigenvalue weighted by atomic mass is 9.99. The maximum atomic E-state index is 12.3. The normalized spacial score (nSPS) is 25.8. The van der Waals surface area contributed by atoms with E-state index in [1.54, 1.807) is 0 Å². The Morgan fingerprint density at radius 2 is 1.74 bits per heavy atom. The molecule has 2 aromatic carbocycles. The van der Waals surface area contributed by atoms with Crippen LogP contribution in [0.15, 0.2) is 42.5 Å². The number of benzene rings is 2. The van der Waals surface area contributed by atoms with Crippen molar-refractivity contribution in [3.8, 4) is 0 Å². The monoisotopic (exact) mass is 330 g/mol. The summed E-state index contributed by atoms with van der Waals surface area (Å²) in [5.41, 5.74) is 1.09. The van der Waals surface area contributed by atoms with Crippen LogP contribution < -0.4 is 10.6 Å². The third-order valence-electron chi connectivity index (χ3n) is 5.02. The number of rotatable bonds is 3. The number of nitrogens with one attached hydrogen (secondary N) is 2. The van der Waals surface area contributed by atoms with Crippen molar-refractivity contribution in [3.05, 3.63) is 48.0 Å². The minimum atomic E-state index is 0. The predicted molar refractivity (Wildman–Crippen MR) is 96.0 cm³/mol. The van der Waals surface area contributed by atoms with Crippen LogP contribution in [0.4, 0.5) is 0 Å². The van der Waals surface area contributed by atoms with Gasteiger partial charge in [0.15, 0.2) is 0 Å². The van der Waals surface area contributed by atoms with Crippen LogP contribution >= 0.6 is 12.4 Å². The maximum Gasteiger partial charge on any atom is 0.224 e. The van der Waals surface area contributed by atoms with Crippen LogP contribution in [0.5, 0.6) is 0 Å². The predicted octanol–water partition coefficient (Wildman–Crippen LogP) is 3.20. The lowest BCUT2D eigenvalue weighted by Gasteiger charge is -2.29. The van der Waals surface area contributed by atoms with E-state index in [9.17, 15) is 4.79 Å². The highest BCUT2D eigenvalue weighted by molar-refractivity contribution is 5.86. The SMILES string of the molecule is Cl.O=C(Cc1ccc2ccccc2c1)NC1CC2CCC(C1)N2. The van der Waals surface area contributed by atoms with Crippen LogP contribution in [-0.4, -0.2) is 24.0 Å². The van der Waals surface area contributed by atoms with E-state index in [-0.39, 0.29) is 18.3 Å². The molecule has 0 saturated carbocycles. The van der Waals surface area contributed by atoms with E-state index in [0.29, 0.717) is 24.5 Å². The number of carbonyl (C=O) groups is 1. The molecule has 2 aliphatic rings. The molecule has 2 fully saturated rings. The molecular weight excluding hydrogens is 308 g/mol. The lowest BCUT2D eigenvalue weighted by molar-refractivity contribution is -0.121. The molecule has 4 rings (SSSR count). The van der Waals surface area contributed by atoms with E-state index in [0.717, 1.165) is 18.4 Å². The fourth-order valence-corrected chi connectivity index (χ4v) is 3.99. The van der Waals surface area contributed by atoms with Crippen molar-refractivity contribution in [2.45, 2.75) is 50.2 Å². The summed E-state index contributed by atoms with van der Waals surface area (Å²) in [5, 5.41) is 9.27. The zero-order chi connectivity index (χ0) is 14.9. The van der Waals surface area contributed by atoms with E-state index in [1.165, 1.54) is 23.6 Å². The molecule has 0 spiro atoms. The smallest absolute Gasteiger partial charge is 0.224 e. The summed E-state index contributed by atoms with van der Waals surface area (Å²) in [6.45, 7) is 0. The molecule has 122 valence electrons. The topological polar surface area (TPSA) is 41.1 Å². The highest BCUT2D eigenvalue weighted by Crippen LogP contribution is 2.26. The summed E-state index contributed by atoms with van der Waals surface area (Å²) in [6.07, 6.45) is 5.17. The molecule has 0 aliphatic carbocycles. The van der Waals surface area contributed by atoms with Crippen LogP contribution in [0.3, 0.4) is 0 Å². The van der Waals surface area contributed by atoms with Crippen LogP contribution in [0.25, 0.3) is 10.8 Å². The average molecular weight is 331 g/mol. The Kier molecular flexibility index (Phi) is 4.88. The van der Waals surface area contributed by atoms with Gasteiger partial charge in [0.05, 0.1) is 6.42 Å². The second-order valence-electron chi connectivity index (χ2n) is 6.73. The first-order valence-corrected chi connectivity index (χ1v) is 8.29. The van der Waals surface area contributed by atoms with Crippen molar-refractivity contribution in [2.75, 3.05) is 0 Å². The Bertz CT molecular complexity index is 691. The summed E-state index contributed by atoms with van der Waals surface area (Å²) in [7, 11) is 0. The van der Waals surface area contributed by atoms with Gasteiger partial charge in [-0.3, -0.25) is 4.79 Å². The van der Waals surface area contributed by atoms with Crippen molar-refractivity contribution in [2.24, 2.45) is 0 Å². The summed E-state index contributed by atoms with van der Waals surface area (Å²) < 4.78 is 0. The third-order valence-corrected chi connectivity index (χ3v) is 5.02. The minimum Gasteiger partial charge on any atom is -0.353 e. The van der Waals surface area contributed by atoms with Gasteiger partial charge in [-0.05, 0) is 42.0 Å². The number of halogens is 1. The van der Waals surface area contributed by atoms with E-state index in [2.05, 4.69) is 41.0 Å². The van der Waals surface area contributed by atoms with Gasteiger partial charge in [-0.15, -0.1) is 12.4 Å². The van der Waals surface area contributed by atoms with Crippen molar-refractivity contribution < 1.29 is 4.79 Å². The van der Waals surface area contributed by atoms with Gasteiger partial charge in [0.1, 0.15) is 0 Å². The molecule has 3 nitrogen and oxygen atoms in total. The quantitative estimate of drug-likeness (QED) is 0.907. The first kappa shape index (κ1) is 16.3. The molecule has 0 radical (unpaired) electrons. The van der Waals surface area contributed by atoms with E-state index in [1.807, 2.05) is 12.1 Å². The van der Waals surface area contributed by atoms with Gasteiger partial charge < -0.3 is 10.6 Å². The van der Waals surface area contributed by atoms with Crippen molar-refractivity contribution in [1.29, 1.82) is 0 Å². The maximum absolute atomic E-state index is 12.3. The largest absolute Gasteiger partial charge is 0.353 e. The zero-order valence-electron chi connectivity index (χ0n) is 13.1. The molecule has 0 aromatic heterocycles. The van der Waals surface area contributed by atoms with Gasteiger partial charge in [-0.1, -0.05) is 42.5 Å². The summed E-state index contributed by atoms with van der Waals surface area (Å²) in [5.74, 6) is 0.154. The first-order chi connectivity index (χ1) is 10.8. The zero-order valence-corrected chi connectivity index (χ0v) is 13.9. The molecule has 2 aliphatic heterocycles. The number of hydrogen-bond acceptors (Lipinski definition) is 2. The average Bonchev–Trinajstić information content (AvgIpc) is 2.86. The van der Waals surface area contributed by atoms with Gasteiger partial charge in [0, 0.05) is 18.1 Å². The van der Waals surface area contributed by atoms with Gasteiger partial charge in [0.25, 0.3) is 0 Å². The number of hydrogen-bond donors (Lipinski definition) is 2. The molecule has 4 heteroatoms. The Morgan fingerprint density at radius 3 is 2.48 bits per heavy atom. The fourth-order valence-electron chi connectivity index (χ4n) is 3.99. The standard InChI is InChI=1S/C19H22N2O.ClH/c22-19(21-18-11-16-7-8-17(12-18)20-16)10-13-5-6-14-3-1-2-4-15(14)9-13;/h1-6,9,16-18,20H,7-8,10-12H2,(H,21,22);1H. The van der Waals surface area contributed by atoms with Gasteiger partial charge in [0.2, 0.25) is 5.91 Å². The molecule has 2 aromatic rings. The lowest BCUT2D eigenvalue weighted by Crippen LogP contribution is -2.48. The molecule has 2 N–H and O–H groups in total. The Balaban J connectivity index is 0.00000156. The molecule has 23 heavy (non-hydrogen) atoms. The van der Waals surface area contributed by atoms with Crippen molar-refractivity contribution >= 4 is 29.1 Å². The van der Waals surface area contributed by atoms with Crippen LogP contribution in [0.2, 0.25) is 0 Å². The van der Waals surface area contributed by atoms with Crippen LogP contribution in [-0.2, 0) is 11.2 Å². The molecule has 2 bridgehead atoms. The molecule has 2 unspecified atom stereocenters. The second kappa shape index (κ2) is 6.90. The first-order valence-electron chi connectivity index (χ1n) is 8.29. The third kappa shape index (κ3) is 3.67. The number of piperidine rings is 1. The van der Waals surface area contributed by atoms with Crippen LogP contribution in [0, 0.1) is 0 Å². The molecule has 2 atom stereocenters.